The number of halogens is 1. The molecule has 4 rings (SSSR count). The van der Waals surface area contributed by atoms with E-state index in [2.05, 4.69) is 4.72 Å². The predicted molar refractivity (Wildman–Crippen MR) is 117 cm³/mol. The van der Waals surface area contributed by atoms with Crippen molar-refractivity contribution in [2.75, 3.05) is 24.9 Å². The number of carbonyl (C=O) groups excluding carboxylic acids is 1. The highest BCUT2D eigenvalue weighted by Crippen LogP contribution is 2.31. The summed E-state index contributed by atoms with van der Waals surface area (Å²) in [7, 11) is -2.48. The molecule has 1 N–H and O–H groups in total. The summed E-state index contributed by atoms with van der Waals surface area (Å²) in [5.41, 5.74) is 0.0112. The number of hydrogen-bond donors (Lipinski definition) is 1. The molecule has 0 fully saturated rings. The lowest BCUT2D eigenvalue weighted by atomic mass is 10.2. The van der Waals surface area contributed by atoms with Crippen molar-refractivity contribution in [2.24, 2.45) is 0 Å². The number of nitrogens with zero attached hydrogens (tertiary/aromatic N) is 1. The van der Waals surface area contributed by atoms with E-state index in [-0.39, 0.29) is 41.3 Å². The average molecular weight is 456 g/mol. The largest absolute Gasteiger partial charge is 0.486 e. The van der Waals surface area contributed by atoms with Crippen LogP contribution in [0.3, 0.4) is 0 Å². The summed E-state index contributed by atoms with van der Waals surface area (Å²) in [6, 6.07) is 18.3. The number of fused-ring (bicyclic) bond motifs is 1. The van der Waals surface area contributed by atoms with Crippen LogP contribution in [0.25, 0.3) is 0 Å². The van der Waals surface area contributed by atoms with Crippen molar-refractivity contribution in [3.63, 3.8) is 0 Å². The molecule has 32 heavy (non-hydrogen) atoms. The van der Waals surface area contributed by atoms with Crippen molar-refractivity contribution in [2.45, 2.75) is 11.0 Å². The highest BCUT2D eigenvalue weighted by atomic mass is 32.2. The zero-order valence-corrected chi connectivity index (χ0v) is 18.0. The fourth-order valence-corrected chi connectivity index (χ4v) is 4.42. The lowest BCUT2D eigenvalue weighted by molar-refractivity contribution is 0.0521. The van der Waals surface area contributed by atoms with Crippen LogP contribution in [0.2, 0.25) is 0 Å². The van der Waals surface area contributed by atoms with Gasteiger partial charge in [-0.15, -0.1) is 0 Å². The molecule has 0 bridgehead atoms. The SMILES string of the molecule is CN(C[C@H]1COc2ccccc2O1)C(=O)c1cccc(S(=O)(=O)Nc2ccccc2F)c1. The van der Waals surface area contributed by atoms with Gasteiger partial charge in [-0.25, -0.2) is 12.8 Å². The standard InChI is InChI=1S/C23H21FN2O5S/c1-26(14-17-15-30-21-11-4-5-12-22(21)31-17)23(27)16-7-6-8-18(13-16)32(28,29)25-20-10-3-2-9-19(20)24/h2-13,17,25H,14-15H2,1H3/t17-/m0/s1. The summed E-state index contributed by atoms with van der Waals surface area (Å²) >= 11 is 0. The third-order valence-corrected chi connectivity index (χ3v) is 6.26. The van der Waals surface area contributed by atoms with E-state index in [1.807, 2.05) is 18.2 Å². The molecule has 1 aliphatic rings. The maximum atomic E-state index is 13.9. The topological polar surface area (TPSA) is 84.9 Å². The molecule has 1 amide bonds. The average Bonchev–Trinajstić information content (AvgIpc) is 2.80. The molecule has 9 heteroatoms. The van der Waals surface area contributed by atoms with Crippen LogP contribution >= 0.6 is 0 Å². The van der Waals surface area contributed by atoms with Crippen LogP contribution in [-0.2, 0) is 10.0 Å². The molecule has 3 aromatic rings. The zero-order valence-electron chi connectivity index (χ0n) is 17.2. The maximum absolute atomic E-state index is 13.9. The van der Waals surface area contributed by atoms with E-state index in [0.29, 0.717) is 11.5 Å². The second-order valence-electron chi connectivity index (χ2n) is 7.30. The van der Waals surface area contributed by atoms with Crippen molar-refractivity contribution in [1.82, 2.24) is 4.90 Å². The van der Waals surface area contributed by atoms with Crippen LogP contribution in [0.4, 0.5) is 10.1 Å². The molecule has 0 spiro atoms. The van der Waals surface area contributed by atoms with E-state index in [1.54, 1.807) is 13.1 Å². The summed E-state index contributed by atoms with van der Waals surface area (Å²) in [6.45, 7) is 0.535. The number of likely N-dealkylation sites (N-methyl/N-ethyl adjacent to an activating group) is 1. The summed E-state index contributed by atoms with van der Waals surface area (Å²) < 4.78 is 53.0. The van der Waals surface area contributed by atoms with Gasteiger partial charge in [-0.3, -0.25) is 9.52 Å². The molecular formula is C23H21FN2O5S. The highest BCUT2D eigenvalue weighted by Gasteiger charge is 2.25. The first-order valence-electron chi connectivity index (χ1n) is 9.85. The van der Waals surface area contributed by atoms with Crippen molar-refractivity contribution in [1.29, 1.82) is 0 Å². The van der Waals surface area contributed by atoms with E-state index in [0.717, 1.165) is 6.07 Å². The minimum Gasteiger partial charge on any atom is -0.486 e. The van der Waals surface area contributed by atoms with E-state index in [1.165, 1.54) is 47.4 Å². The summed E-state index contributed by atoms with van der Waals surface area (Å²) in [5.74, 6) is 0.185. The quantitative estimate of drug-likeness (QED) is 0.613. The smallest absolute Gasteiger partial charge is 0.262 e. The van der Waals surface area contributed by atoms with Gasteiger partial charge < -0.3 is 14.4 Å². The van der Waals surface area contributed by atoms with Gasteiger partial charge in [0.2, 0.25) is 0 Å². The molecule has 1 aliphatic heterocycles. The number of para-hydroxylation sites is 3. The van der Waals surface area contributed by atoms with Gasteiger partial charge in [0.15, 0.2) is 17.6 Å². The number of rotatable bonds is 6. The Balaban J connectivity index is 1.46. The molecule has 166 valence electrons. The Morgan fingerprint density at radius 1 is 1.06 bits per heavy atom. The number of nitrogens with one attached hydrogen (secondary N) is 1. The lowest BCUT2D eigenvalue weighted by Gasteiger charge is -2.29. The van der Waals surface area contributed by atoms with Crippen molar-refractivity contribution in [3.05, 3.63) is 84.2 Å². The summed E-state index contributed by atoms with van der Waals surface area (Å²) in [4.78, 5) is 14.2. The second kappa shape index (κ2) is 8.88. The number of ether oxygens (including phenoxy) is 2. The Bertz CT molecular complexity index is 1250. The van der Waals surface area contributed by atoms with Crippen molar-refractivity contribution >= 4 is 21.6 Å². The number of anilines is 1. The Kier molecular flexibility index (Phi) is 6.00. The van der Waals surface area contributed by atoms with Crippen LogP contribution in [-0.4, -0.2) is 45.5 Å². The van der Waals surface area contributed by atoms with Crippen molar-refractivity contribution < 1.29 is 27.1 Å². The minimum atomic E-state index is -4.08. The monoisotopic (exact) mass is 456 g/mol. The van der Waals surface area contributed by atoms with Crippen LogP contribution in [0.5, 0.6) is 11.5 Å². The van der Waals surface area contributed by atoms with Crippen LogP contribution in [0.15, 0.2) is 77.7 Å². The van der Waals surface area contributed by atoms with Crippen molar-refractivity contribution in [3.8, 4) is 11.5 Å². The summed E-state index contributed by atoms with van der Waals surface area (Å²) in [6.07, 6.45) is -0.367. The molecular weight excluding hydrogens is 435 g/mol. The molecule has 3 aromatic carbocycles. The molecule has 1 atom stereocenters. The fourth-order valence-electron chi connectivity index (χ4n) is 3.31. The van der Waals surface area contributed by atoms with E-state index in [9.17, 15) is 17.6 Å². The molecule has 0 aliphatic carbocycles. The normalized spacial score (nSPS) is 15.1. The predicted octanol–water partition coefficient (Wildman–Crippen LogP) is 3.54. The van der Waals surface area contributed by atoms with E-state index >= 15 is 0 Å². The van der Waals surface area contributed by atoms with Gasteiger partial charge in [0.05, 0.1) is 17.1 Å². The van der Waals surface area contributed by atoms with E-state index in [4.69, 9.17) is 9.47 Å². The lowest BCUT2D eigenvalue weighted by Crippen LogP contribution is -2.41. The van der Waals surface area contributed by atoms with Crippen LogP contribution < -0.4 is 14.2 Å². The number of sulfonamides is 1. The van der Waals surface area contributed by atoms with Gasteiger partial charge in [-0.1, -0.05) is 30.3 Å². The van der Waals surface area contributed by atoms with Gasteiger partial charge in [0.1, 0.15) is 12.4 Å². The number of hydrogen-bond acceptors (Lipinski definition) is 5. The van der Waals surface area contributed by atoms with Gasteiger partial charge in [0.25, 0.3) is 15.9 Å². The van der Waals surface area contributed by atoms with E-state index < -0.39 is 15.8 Å². The van der Waals surface area contributed by atoms with Gasteiger partial charge in [-0.2, -0.15) is 0 Å². The first-order chi connectivity index (χ1) is 15.3. The molecule has 0 saturated carbocycles. The molecule has 0 radical (unpaired) electrons. The van der Waals surface area contributed by atoms with Gasteiger partial charge in [0, 0.05) is 12.6 Å². The Hall–Kier alpha value is -3.59. The molecule has 1 heterocycles. The Labute approximate surface area is 185 Å². The Morgan fingerprint density at radius 2 is 1.78 bits per heavy atom. The minimum absolute atomic E-state index is 0.147. The van der Waals surface area contributed by atoms with Gasteiger partial charge >= 0.3 is 0 Å². The molecule has 7 nitrogen and oxygen atoms in total. The maximum Gasteiger partial charge on any atom is 0.262 e. The summed E-state index contributed by atoms with van der Waals surface area (Å²) in [5, 5.41) is 0. The second-order valence-corrected chi connectivity index (χ2v) is 8.98. The fraction of sp³-hybridized carbons (Fsp3) is 0.174. The first kappa shape index (κ1) is 21.6. The number of benzene rings is 3. The molecule has 0 unspecified atom stereocenters. The third-order valence-electron chi connectivity index (χ3n) is 4.90. The van der Waals surface area contributed by atoms with Gasteiger partial charge in [-0.05, 0) is 42.5 Å². The molecule has 0 aromatic heterocycles. The third kappa shape index (κ3) is 4.67. The van der Waals surface area contributed by atoms with Crippen LogP contribution in [0.1, 0.15) is 10.4 Å². The van der Waals surface area contributed by atoms with Crippen LogP contribution in [0, 0.1) is 5.82 Å². The number of carbonyl (C=O) groups is 1. The highest BCUT2D eigenvalue weighted by molar-refractivity contribution is 7.92. The first-order valence-corrected chi connectivity index (χ1v) is 11.3. The Morgan fingerprint density at radius 3 is 2.56 bits per heavy atom. The molecule has 0 saturated heterocycles. The number of amides is 1. The zero-order chi connectivity index (χ0) is 22.7.